The van der Waals surface area contributed by atoms with Crippen molar-refractivity contribution in [3.8, 4) is 5.75 Å². The van der Waals surface area contributed by atoms with Gasteiger partial charge < -0.3 is 10.4 Å². The van der Waals surface area contributed by atoms with E-state index in [1.807, 2.05) is 0 Å². The minimum absolute atomic E-state index is 0.146. The van der Waals surface area contributed by atoms with Gasteiger partial charge in [-0.15, -0.1) is 0 Å². The summed E-state index contributed by atoms with van der Waals surface area (Å²) in [6.07, 6.45) is 0. The fourth-order valence-electron chi connectivity index (χ4n) is 2.21. The van der Waals surface area contributed by atoms with Crippen LogP contribution in [0.15, 0.2) is 53.2 Å². The van der Waals surface area contributed by atoms with Gasteiger partial charge >= 0.3 is 0 Å². The standard InChI is InChI=1S/C16H9Cl3N2O3/c17-8-5-6-12(22)10(7-8)20-14-13(19)15(23)21(16(14)24)11-4-2-1-3-9(11)18/h1-7,20,22H. The number of para-hydroxylation sites is 1. The van der Waals surface area contributed by atoms with Crippen molar-refractivity contribution in [2.24, 2.45) is 0 Å². The van der Waals surface area contributed by atoms with Gasteiger partial charge in [-0.1, -0.05) is 46.9 Å². The number of anilines is 2. The van der Waals surface area contributed by atoms with E-state index in [2.05, 4.69) is 5.32 Å². The second kappa shape index (κ2) is 6.36. The van der Waals surface area contributed by atoms with Gasteiger partial charge in [-0.05, 0) is 30.3 Å². The minimum atomic E-state index is -0.709. The fraction of sp³-hybridized carbons (Fsp3) is 0. The molecule has 0 aromatic heterocycles. The predicted molar refractivity (Wildman–Crippen MR) is 93.6 cm³/mol. The highest BCUT2D eigenvalue weighted by Gasteiger charge is 2.39. The zero-order chi connectivity index (χ0) is 17.4. The molecule has 0 saturated heterocycles. The van der Waals surface area contributed by atoms with E-state index in [1.54, 1.807) is 18.2 Å². The van der Waals surface area contributed by atoms with Gasteiger partial charge in [0, 0.05) is 5.02 Å². The van der Waals surface area contributed by atoms with Crippen LogP contribution in [0, 0.1) is 0 Å². The van der Waals surface area contributed by atoms with E-state index in [4.69, 9.17) is 34.8 Å². The van der Waals surface area contributed by atoms with Crippen LogP contribution in [0.1, 0.15) is 0 Å². The number of benzene rings is 2. The molecule has 1 heterocycles. The Hall–Kier alpha value is -2.21. The molecule has 0 saturated carbocycles. The number of amides is 2. The molecule has 1 aliphatic heterocycles. The van der Waals surface area contributed by atoms with Crippen LogP contribution in [0.3, 0.4) is 0 Å². The van der Waals surface area contributed by atoms with Crippen molar-refractivity contribution in [3.63, 3.8) is 0 Å². The molecule has 0 unspecified atom stereocenters. The summed E-state index contributed by atoms with van der Waals surface area (Å²) >= 11 is 17.9. The molecule has 1 aliphatic rings. The molecule has 122 valence electrons. The summed E-state index contributed by atoms with van der Waals surface area (Å²) in [5.74, 6) is -1.54. The molecule has 0 atom stereocenters. The number of imide groups is 1. The Morgan fingerprint density at radius 2 is 1.67 bits per heavy atom. The summed E-state index contributed by atoms with van der Waals surface area (Å²) < 4.78 is 0. The average molecular weight is 384 g/mol. The highest BCUT2D eigenvalue weighted by molar-refractivity contribution is 6.53. The Kier molecular flexibility index (Phi) is 4.41. The van der Waals surface area contributed by atoms with E-state index in [1.165, 1.54) is 24.3 Å². The third-order valence-electron chi connectivity index (χ3n) is 3.34. The van der Waals surface area contributed by atoms with Gasteiger partial charge in [0.05, 0.1) is 16.4 Å². The van der Waals surface area contributed by atoms with E-state index in [-0.39, 0.29) is 32.9 Å². The van der Waals surface area contributed by atoms with Crippen LogP contribution in [-0.4, -0.2) is 16.9 Å². The van der Waals surface area contributed by atoms with Crippen molar-refractivity contribution < 1.29 is 14.7 Å². The number of phenolic OH excluding ortho intramolecular Hbond substituents is 1. The van der Waals surface area contributed by atoms with Crippen molar-refractivity contribution in [3.05, 3.63) is 63.2 Å². The summed E-state index contributed by atoms with van der Waals surface area (Å²) in [5.41, 5.74) is 0.205. The zero-order valence-electron chi connectivity index (χ0n) is 11.9. The third-order valence-corrected chi connectivity index (χ3v) is 4.24. The number of carbonyl (C=O) groups excluding carboxylic acids is 2. The number of nitrogens with zero attached hydrogens (tertiary/aromatic N) is 1. The number of hydrogen-bond acceptors (Lipinski definition) is 4. The van der Waals surface area contributed by atoms with Gasteiger partial charge in [-0.2, -0.15) is 0 Å². The van der Waals surface area contributed by atoms with Crippen LogP contribution in [0.2, 0.25) is 10.0 Å². The first kappa shape index (κ1) is 16.6. The first-order valence-electron chi connectivity index (χ1n) is 6.69. The maximum Gasteiger partial charge on any atom is 0.283 e. The lowest BCUT2D eigenvalue weighted by Crippen LogP contribution is -2.32. The topological polar surface area (TPSA) is 69.6 Å². The smallest absolute Gasteiger partial charge is 0.283 e. The van der Waals surface area contributed by atoms with Crippen molar-refractivity contribution in [2.45, 2.75) is 0 Å². The van der Waals surface area contributed by atoms with Gasteiger partial charge in [-0.3, -0.25) is 9.59 Å². The lowest BCUT2D eigenvalue weighted by molar-refractivity contribution is -0.120. The lowest BCUT2D eigenvalue weighted by atomic mass is 10.2. The number of aromatic hydroxyl groups is 1. The molecule has 2 aromatic carbocycles. The number of nitrogens with one attached hydrogen (secondary N) is 1. The maximum atomic E-state index is 12.6. The lowest BCUT2D eigenvalue weighted by Gasteiger charge is -2.16. The van der Waals surface area contributed by atoms with Crippen LogP contribution in [0.5, 0.6) is 5.75 Å². The highest BCUT2D eigenvalue weighted by Crippen LogP contribution is 2.35. The van der Waals surface area contributed by atoms with Crippen molar-refractivity contribution in [1.82, 2.24) is 0 Å². The van der Waals surface area contributed by atoms with Gasteiger partial charge in [0.1, 0.15) is 16.5 Å². The number of halogens is 3. The van der Waals surface area contributed by atoms with E-state index >= 15 is 0 Å². The van der Waals surface area contributed by atoms with Gasteiger partial charge in [0.15, 0.2) is 0 Å². The van der Waals surface area contributed by atoms with E-state index in [0.717, 1.165) is 4.90 Å². The predicted octanol–water partition coefficient (Wildman–Crippen LogP) is 4.13. The second-order valence-electron chi connectivity index (χ2n) is 4.87. The molecular formula is C16H9Cl3N2O3. The van der Waals surface area contributed by atoms with Crippen LogP contribution >= 0.6 is 34.8 Å². The summed E-state index contributed by atoms with van der Waals surface area (Å²) in [4.78, 5) is 25.8. The number of rotatable bonds is 3. The minimum Gasteiger partial charge on any atom is -0.506 e. The first-order chi connectivity index (χ1) is 11.4. The Morgan fingerprint density at radius 3 is 2.38 bits per heavy atom. The largest absolute Gasteiger partial charge is 0.506 e. The molecule has 2 aromatic rings. The Balaban J connectivity index is 1.98. The summed E-state index contributed by atoms with van der Waals surface area (Å²) in [5, 5.41) is 12.8. The van der Waals surface area contributed by atoms with E-state index in [9.17, 15) is 14.7 Å². The molecule has 2 amide bonds. The number of hydrogen-bond donors (Lipinski definition) is 2. The third kappa shape index (κ3) is 2.82. The van der Waals surface area contributed by atoms with Crippen molar-refractivity contribution in [2.75, 3.05) is 10.2 Å². The second-order valence-corrected chi connectivity index (χ2v) is 6.09. The van der Waals surface area contributed by atoms with Crippen molar-refractivity contribution >= 4 is 58.0 Å². The molecule has 3 rings (SSSR count). The monoisotopic (exact) mass is 382 g/mol. The van der Waals surface area contributed by atoms with E-state index in [0.29, 0.717) is 5.02 Å². The Morgan fingerprint density at radius 1 is 0.958 bits per heavy atom. The number of carbonyl (C=O) groups is 2. The van der Waals surface area contributed by atoms with Crippen molar-refractivity contribution in [1.29, 1.82) is 0 Å². The quantitative estimate of drug-likeness (QED) is 0.617. The molecule has 0 fully saturated rings. The highest BCUT2D eigenvalue weighted by atomic mass is 35.5. The fourth-order valence-corrected chi connectivity index (χ4v) is 2.81. The van der Waals surface area contributed by atoms with Gasteiger partial charge in [0.25, 0.3) is 11.8 Å². The van der Waals surface area contributed by atoms with Crippen LogP contribution in [0.25, 0.3) is 0 Å². The van der Waals surface area contributed by atoms with Gasteiger partial charge in [0.2, 0.25) is 0 Å². The number of phenols is 1. The molecule has 24 heavy (non-hydrogen) atoms. The maximum absolute atomic E-state index is 12.6. The summed E-state index contributed by atoms with van der Waals surface area (Å²) in [6.45, 7) is 0. The Bertz CT molecular complexity index is 896. The SMILES string of the molecule is O=C1C(Cl)=C(Nc2cc(Cl)ccc2O)C(=O)N1c1ccccc1Cl. The first-order valence-corrected chi connectivity index (χ1v) is 7.82. The molecule has 8 heteroatoms. The van der Waals surface area contributed by atoms with E-state index < -0.39 is 11.8 Å². The molecular weight excluding hydrogens is 375 g/mol. The summed E-state index contributed by atoms with van der Waals surface area (Å²) in [7, 11) is 0. The molecule has 5 nitrogen and oxygen atoms in total. The molecule has 0 spiro atoms. The zero-order valence-corrected chi connectivity index (χ0v) is 14.2. The Labute approximate surface area is 152 Å². The summed E-state index contributed by atoms with van der Waals surface area (Å²) in [6, 6.07) is 10.6. The normalized spacial score (nSPS) is 14.5. The molecule has 0 bridgehead atoms. The molecule has 0 aliphatic carbocycles. The van der Waals surface area contributed by atoms with Crippen LogP contribution in [0.4, 0.5) is 11.4 Å². The van der Waals surface area contributed by atoms with Crippen LogP contribution < -0.4 is 10.2 Å². The molecule has 2 N–H and O–H groups in total. The van der Waals surface area contributed by atoms with Crippen LogP contribution in [-0.2, 0) is 9.59 Å². The van der Waals surface area contributed by atoms with Gasteiger partial charge in [-0.25, -0.2) is 4.90 Å². The molecule has 0 radical (unpaired) electrons. The average Bonchev–Trinajstić information content (AvgIpc) is 2.75.